The van der Waals surface area contributed by atoms with Crippen molar-refractivity contribution in [1.82, 2.24) is 14.6 Å². The predicted octanol–water partition coefficient (Wildman–Crippen LogP) is 1.01. The number of carboxylic acid groups (broad SMARTS) is 1. The smallest absolute Gasteiger partial charge is 0.311 e. The van der Waals surface area contributed by atoms with Gasteiger partial charge in [0, 0.05) is 17.3 Å². The van der Waals surface area contributed by atoms with Gasteiger partial charge in [-0.1, -0.05) is 11.6 Å². The van der Waals surface area contributed by atoms with Crippen LogP contribution in [-0.4, -0.2) is 25.7 Å². The summed E-state index contributed by atoms with van der Waals surface area (Å²) in [6.07, 6.45) is 1.50. The molecule has 0 unspecified atom stereocenters. The molecule has 5 nitrogen and oxygen atoms in total. The fourth-order valence-corrected chi connectivity index (χ4v) is 1.33. The highest BCUT2D eigenvalue weighted by atomic mass is 35.5. The Morgan fingerprint density at radius 3 is 3.07 bits per heavy atom. The Kier molecular flexibility index (Phi) is 2.09. The van der Waals surface area contributed by atoms with Gasteiger partial charge in [-0.15, -0.1) is 10.2 Å². The molecule has 0 bridgehead atoms. The Labute approximate surface area is 83.9 Å². The van der Waals surface area contributed by atoms with Crippen molar-refractivity contribution in [1.29, 1.82) is 0 Å². The van der Waals surface area contributed by atoms with Crippen LogP contribution in [0.25, 0.3) is 5.65 Å². The van der Waals surface area contributed by atoms with Crippen LogP contribution in [0.3, 0.4) is 0 Å². The molecule has 0 radical (unpaired) electrons. The molecule has 6 heteroatoms. The molecule has 14 heavy (non-hydrogen) atoms. The molecule has 0 saturated heterocycles. The number of hydrogen-bond donors (Lipinski definition) is 1. The van der Waals surface area contributed by atoms with Gasteiger partial charge in [0.1, 0.15) is 12.2 Å². The summed E-state index contributed by atoms with van der Waals surface area (Å²) in [6, 6.07) is 3.28. The fourth-order valence-electron chi connectivity index (χ4n) is 1.17. The zero-order chi connectivity index (χ0) is 10.1. The minimum absolute atomic E-state index is 0.150. The molecule has 0 aliphatic rings. The summed E-state index contributed by atoms with van der Waals surface area (Å²) in [5, 5.41) is 16.7. The molecule has 0 fully saturated rings. The molecule has 2 heterocycles. The highest BCUT2D eigenvalue weighted by Crippen LogP contribution is 2.11. The summed E-state index contributed by atoms with van der Waals surface area (Å²) in [4.78, 5) is 10.5. The maximum Gasteiger partial charge on any atom is 0.311 e. The second-order valence-corrected chi connectivity index (χ2v) is 3.20. The van der Waals surface area contributed by atoms with Gasteiger partial charge in [0.05, 0.1) is 0 Å². The zero-order valence-corrected chi connectivity index (χ0v) is 7.77. The van der Waals surface area contributed by atoms with Crippen molar-refractivity contribution in [3.63, 3.8) is 0 Å². The van der Waals surface area contributed by atoms with Gasteiger partial charge in [0.25, 0.3) is 0 Å². The number of carboxylic acids is 1. The van der Waals surface area contributed by atoms with E-state index in [2.05, 4.69) is 10.2 Å². The number of aliphatic carboxylic acids is 1. The summed E-state index contributed by atoms with van der Waals surface area (Å²) in [5.41, 5.74) is 0.550. The van der Waals surface area contributed by atoms with Gasteiger partial charge in [-0.05, 0) is 6.07 Å². The quantitative estimate of drug-likeness (QED) is 0.805. The van der Waals surface area contributed by atoms with E-state index >= 15 is 0 Å². The number of pyridine rings is 1. The summed E-state index contributed by atoms with van der Waals surface area (Å²) in [6.45, 7) is 0. The predicted molar refractivity (Wildman–Crippen MR) is 49.3 cm³/mol. The average Bonchev–Trinajstić information content (AvgIpc) is 2.47. The first kappa shape index (κ1) is 8.96. The van der Waals surface area contributed by atoms with Crippen LogP contribution in [0.15, 0.2) is 18.3 Å². The largest absolute Gasteiger partial charge is 0.481 e. The van der Waals surface area contributed by atoms with Crippen LogP contribution in [0.5, 0.6) is 0 Å². The molecule has 0 atom stereocenters. The Morgan fingerprint density at radius 1 is 1.57 bits per heavy atom. The zero-order valence-electron chi connectivity index (χ0n) is 7.01. The summed E-state index contributed by atoms with van der Waals surface area (Å²) >= 11 is 5.74. The molecule has 2 aromatic heterocycles. The maximum atomic E-state index is 10.5. The van der Waals surface area contributed by atoms with Crippen LogP contribution in [0.2, 0.25) is 5.02 Å². The van der Waals surface area contributed by atoms with Crippen LogP contribution >= 0.6 is 11.6 Å². The number of nitrogens with zero attached hydrogens (tertiary/aromatic N) is 3. The van der Waals surface area contributed by atoms with E-state index in [0.29, 0.717) is 16.5 Å². The molecule has 2 rings (SSSR count). The van der Waals surface area contributed by atoms with E-state index in [0.717, 1.165) is 0 Å². The molecule has 2 aromatic rings. The van der Waals surface area contributed by atoms with E-state index in [-0.39, 0.29) is 6.42 Å². The second-order valence-electron chi connectivity index (χ2n) is 2.76. The fraction of sp³-hybridized carbons (Fsp3) is 0.125. The Hall–Kier alpha value is -1.62. The molecular weight excluding hydrogens is 206 g/mol. The third-order valence-electron chi connectivity index (χ3n) is 1.75. The number of halogens is 1. The van der Waals surface area contributed by atoms with Crippen LogP contribution in [-0.2, 0) is 11.2 Å². The molecule has 72 valence electrons. The first-order valence-electron chi connectivity index (χ1n) is 3.88. The monoisotopic (exact) mass is 211 g/mol. The van der Waals surface area contributed by atoms with Crippen molar-refractivity contribution in [3.8, 4) is 0 Å². The summed E-state index contributed by atoms with van der Waals surface area (Å²) in [5.74, 6) is -0.543. The van der Waals surface area contributed by atoms with Crippen LogP contribution in [0.4, 0.5) is 0 Å². The highest BCUT2D eigenvalue weighted by molar-refractivity contribution is 6.30. The average molecular weight is 212 g/mol. The highest BCUT2D eigenvalue weighted by Gasteiger charge is 2.08. The lowest BCUT2D eigenvalue weighted by atomic mass is 10.4. The third kappa shape index (κ3) is 1.54. The summed E-state index contributed by atoms with van der Waals surface area (Å²) in [7, 11) is 0. The molecule has 0 spiro atoms. The molecule has 0 aromatic carbocycles. The van der Waals surface area contributed by atoms with Crippen LogP contribution < -0.4 is 0 Å². The minimum Gasteiger partial charge on any atom is -0.481 e. The van der Waals surface area contributed by atoms with Gasteiger partial charge in [-0.3, -0.25) is 9.20 Å². The van der Waals surface area contributed by atoms with Gasteiger partial charge in [0.15, 0.2) is 5.65 Å². The van der Waals surface area contributed by atoms with Crippen molar-refractivity contribution >= 4 is 23.2 Å². The van der Waals surface area contributed by atoms with Gasteiger partial charge in [0.2, 0.25) is 0 Å². The van der Waals surface area contributed by atoms with Gasteiger partial charge < -0.3 is 5.11 Å². The van der Waals surface area contributed by atoms with E-state index in [9.17, 15) is 4.79 Å². The van der Waals surface area contributed by atoms with E-state index in [1.165, 1.54) is 0 Å². The van der Waals surface area contributed by atoms with Crippen molar-refractivity contribution in [3.05, 3.63) is 29.2 Å². The second kappa shape index (κ2) is 3.26. The first-order valence-corrected chi connectivity index (χ1v) is 4.25. The molecule has 1 N–H and O–H groups in total. The molecule has 0 saturated carbocycles. The van der Waals surface area contributed by atoms with Gasteiger partial charge in [-0.25, -0.2) is 0 Å². The van der Waals surface area contributed by atoms with Crippen molar-refractivity contribution in [2.45, 2.75) is 6.42 Å². The normalized spacial score (nSPS) is 10.6. The van der Waals surface area contributed by atoms with Crippen LogP contribution in [0, 0.1) is 0 Å². The van der Waals surface area contributed by atoms with Gasteiger partial charge in [-0.2, -0.15) is 0 Å². The lowest BCUT2D eigenvalue weighted by Crippen LogP contribution is -2.04. The standard InChI is InChI=1S/C8H6ClN3O2/c9-5-1-2-12-6(3-5)10-11-7(12)4-8(13)14/h1-3H,4H2,(H,13,14). The topological polar surface area (TPSA) is 67.5 Å². The summed E-state index contributed by atoms with van der Waals surface area (Å²) < 4.78 is 1.60. The molecule has 0 amide bonds. The minimum atomic E-state index is -0.936. The van der Waals surface area contributed by atoms with Crippen LogP contribution in [0.1, 0.15) is 5.82 Å². The Bertz CT molecular complexity index is 494. The Morgan fingerprint density at radius 2 is 2.36 bits per heavy atom. The number of aromatic nitrogens is 3. The molecular formula is C8H6ClN3O2. The Balaban J connectivity index is 2.52. The SMILES string of the molecule is O=C(O)Cc1nnc2cc(Cl)ccn12. The number of carbonyl (C=O) groups is 1. The van der Waals surface area contributed by atoms with Crippen molar-refractivity contribution in [2.75, 3.05) is 0 Å². The number of hydrogen-bond acceptors (Lipinski definition) is 3. The van der Waals surface area contributed by atoms with E-state index in [1.807, 2.05) is 0 Å². The van der Waals surface area contributed by atoms with Crippen molar-refractivity contribution in [2.24, 2.45) is 0 Å². The number of fused-ring (bicyclic) bond motifs is 1. The van der Waals surface area contributed by atoms with E-state index < -0.39 is 5.97 Å². The van der Waals surface area contributed by atoms with E-state index in [1.54, 1.807) is 22.7 Å². The number of rotatable bonds is 2. The maximum absolute atomic E-state index is 10.5. The first-order chi connectivity index (χ1) is 6.66. The van der Waals surface area contributed by atoms with E-state index in [4.69, 9.17) is 16.7 Å². The molecule has 0 aliphatic heterocycles. The van der Waals surface area contributed by atoms with Crippen molar-refractivity contribution < 1.29 is 9.90 Å². The molecule has 0 aliphatic carbocycles. The lowest BCUT2D eigenvalue weighted by molar-refractivity contribution is -0.136. The third-order valence-corrected chi connectivity index (χ3v) is 1.99. The van der Waals surface area contributed by atoms with Gasteiger partial charge >= 0.3 is 5.97 Å². The lowest BCUT2D eigenvalue weighted by Gasteiger charge is -1.95.